The molecule has 0 aromatic heterocycles. The van der Waals surface area contributed by atoms with Crippen molar-refractivity contribution in [2.45, 2.75) is 57.4 Å². The highest BCUT2D eigenvalue weighted by Gasteiger charge is 2.36. The maximum absolute atomic E-state index is 12.7. The fraction of sp³-hybridized carbons (Fsp3) is 0.933. The van der Waals surface area contributed by atoms with E-state index in [0.29, 0.717) is 23.8 Å². The van der Waals surface area contributed by atoms with Crippen molar-refractivity contribution in [2.24, 2.45) is 11.8 Å². The molecule has 4 aliphatic rings. The summed E-state index contributed by atoms with van der Waals surface area (Å²) in [5.41, 5.74) is 0. The smallest absolute Gasteiger partial charge is 0.225 e. The van der Waals surface area contributed by atoms with Gasteiger partial charge in [-0.05, 0) is 38.1 Å². The van der Waals surface area contributed by atoms with Gasteiger partial charge in [0.15, 0.2) is 0 Å². The predicted octanol–water partition coefficient (Wildman–Crippen LogP) is 2.59. The Balaban J connectivity index is 0.00000133. The zero-order chi connectivity index (χ0) is 12.4. The molecule has 1 N–H and O–H groups in total. The molecule has 3 saturated heterocycles. The highest BCUT2D eigenvalue weighted by atomic mass is 35.5. The number of halogens is 1. The normalized spacial score (nSPS) is 32.3. The molecule has 4 heteroatoms. The number of fused-ring (bicyclic) bond motifs is 4. The van der Waals surface area contributed by atoms with Crippen molar-refractivity contribution in [3.8, 4) is 0 Å². The molecule has 0 radical (unpaired) electrons. The first kappa shape index (κ1) is 15.1. The Morgan fingerprint density at radius 2 is 1.68 bits per heavy atom. The molecule has 4 fully saturated rings. The van der Waals surface area contributed by atoms with E-state index in [1.165, 1.54) is 38.5 Å². The zero-order valence-electron chi connectivity index (χ0n) is 11.8. The molecule has 3 heterocycles. The van der Waals surface area contributed by atoms with Crippen LogP contribution in [0.1, 0.15) is 51.4 Å². The number of nitrogens with zero attached hydrogens (tertiary/aromatic N) is 1. The maximum atomic E-state index is 12.7. The largest absolute Gasteiger partial charge is 0.338 e. The zero-order valence-corrected chi connectivity index (χ0v) is 12.6. The van der Waals surface area contributed by atoms with E-state index in [9.17, 15) is 4.79 Å². The van der Waals surface area contributed by atoms with E-state index in [0.717, 1.165) is 32.5 Å². The highest BCUT2D eigenvalue weighted by Crippen LogP contribution is 2.30. The minimum Gasteiger partial charge on any atom is -0.338 e. The number of carbonyl (C=O) groups is 1. The van der Waals surface area contributed by atoms with Gasteiger partial charge in [0.25, 0.3) is 0 Å². The van der Waals surface area contributed by atoms with Crippen LogP contribution in [0.4, 0.5) is 0 Å². The van der Waals surface area contributed by atoms with Crippen LogP contribution in [0.15, 0.2) is 0 Å². The lowest BCUT2D eigenvalue weighted by Crippen LogP contribution is -2.49. The summed E-state index contributed by atoms with van der Waals surface area (Å²) in [6, 6.07) is 0.486. The number of hydrogen-bond donors (Lipinski definition) is 1. The maximum Gasteiger partial charge on any atom is 0.225 e. The second kappa shape index (κ2) is 6.94. The molecule has 3 aliphatic heterocycles. The summed E-state index contributed by atoms with van der Waals surface area (Å²) in [5, 5.41) is 3.52. The van der Waals surface area contributed by atoms with Crippen LogP contribution < -0.4 is 5.32 Å². The Morgan fingerprint density at radius 3 is 2.42 bits per heavy atom. The minimum absolute atomic E-state index is 0. The van der Waals surface area contributed by atoms with Gasteiger partial charge in [0, 0.05) is 25.0 Å². The molecule has 3 nitrogen and oxygen atoms in total. The van der Waals surface area contributed by atoms with Gasteiger partial charge in [0.2, 0.25) is 5.91 Å². The average molecular weight is 287 g/mol. The Morgan fingerprint density at radius 1 is 0.947 bits per heavy atom. The minimum atomic E-state index is 0. The Kier molecular flexibility index (Phi) is 5.52. The van der Waals surface area contributed by atoms with Crippen molar-refractivity contribution < 1.29 is 4.79 Å². The fourth-order valence-corrected chi connectivity index (χ4v) is 3.97. The summed E-state index contributed by atoms with van der Waals surface area (Å²) in [5.74, 6) is 1.53. The van der Waals surface area contributed by atoms with Crippen molar-refractivity contribution >= 4 is 18.3 Å². The highest BCUT2D eigenvalue weighted by molar-refractivity contribution is 5.85. The van der Waals surface area contributed by atoms with Crippen LogP contribution in [0.5, 0.6) is 0 Å². The monoisotopic (exact) mass is 286 g/mol. The quantitative estimate of drug-likeness (QED) is 0.752. The molecule has 19 heavy (non-hydrogen) atoms. The van der Waals surface area contributed by atoms with Gasteiger partial charge in [-0.15, -0.1) is 12.4 Å². The third-order valence-corrected chi connectivity index (χ3v) is 5.10. The molecule has 1 saturated carbocycles. The molecular weight excluding hydrogens is 260 g/mol. The predicted molar refractivity (Wildman–Crippen MR) is 79.5 cm³/mol. The number of hydrogen-bond acceptors (Lipinski definition) is 2. The lowest BCUT2D eigenvalue weighted by atomic mass is 9.91. The van der Waals surface area contributed by atoms with Gasteiger partial charge in [-0.1, -0.05) is 25.7 Å². The second-order valence-electron chi connectivity index (χ2n) is 6.43. The number of nitrogens with one attached hydrogen (secondary N) is 1. The molecule has 1 amide bonds. The van der Waals surface area contributed by atoms with Gasteiger partial charge in [-0.25, -0.2) is 0 Å². The summed E-state index contributed by atoms with van der Waals surface area (Å²) in [6.07, 6.45) is 9.99. The molecule has 4 rings (SSSR count). The van der Waals surface area contributed by atoms with Crippen molar-refractivity contribution in [1.29, 1.82) is 0 Å². The van der Waals surface area contributed by atoms with Crippen LogP contribution in [0.3, 0.4) is 0 Å². The number of carbonyl (C=O) groups excluding carboxylic acids is 1. The number of rotatable bonds is 1. The second-order valence-corrected chi connectivity index (χ2v) is 6.43. The molecule has 0 unspecified atom stereocenters. The SMILES string of the molecule is Cl.O=C(C1CCCCCC1)N1C[C@@H]2CC[C@H]1CNC2. The van der Waals surface area contributed by atoms with E-state index in [1.807, 2.05) is 0 Å². The van der Waals surface area contributed by atoms with Gasteiger partial charge in [-0.3, -0.25) is 4.79 Å². The summed E-state index contributed by atoms with van der Waals surface area (Å²) in [7, 11) is 0. The van der Waals surface area contributed by atoms with E-state index >= 15 is 0 Å². The van der Waals surface area contributed by atoms with Crippen molar-refractivity contribution in [3.05, 3.63) is 0 Å². The molecule has 0 spiro atoms. The Bertz CT molecular complexity index is 299. The van der Waals surface area contributed by atoms with Gasteiger partial charge in [-0.2, -0.15) is 0 Å². The van der Waals surface area contributed by atoms with E-state index in [4.69, 9.17) is 0 Å². The van der Waals surface area contributed by atoms with Gasteiger partial charge >= 0.3 is 0 Å². The van der Waals surface area contributed by atoms with Crippen LogP contribution in [0.25, 0.3) is 0 Å². The number of piperidine rings is 1. The summed E-state index contributed by atoms with van der Waals surface area (Å²) in [6.45, 7) is 3.16. The van der Waals surface area contributed by atoms with E-state index in [1.54, 1.807) is 0 Å². The first-order chi connectivity index (χ1) is 8.84. The average Bonchev–Trinajstić information content (AvgIpc) is 2.86. The topological polar surface area (TPSA) is 32.3 Å². The van der Waals surface area contributed by atoms with Crippen LogP contribution in [-0.2, 0) is 4.79 Å². The molecule has 110 valence electrons. The molecular formula is C15H27ClN2O. The number of amides is 1. The van der Waals surface area contributed by atoms with E-state index in [-0.39, 0.29) is 12.4 Å². The third-order valence-electron chi connectivity index (χ3n) is 5.10. The molecule has 2 bridgehead atoms. The summed E-state index contributed by atoms with van der Waals surface area (Å²) >= 11 is 0. The van der Waals surface area contributed by atoms with Crippen LogP contribution in [0, 0.1) is 11.8 Å². The van der Waals surface area contributed by atoms with Crippen molar-refractivity contribution in [1.82, 2.24) is 10.2 Å². The molecule has 0 aromatic carbocycles. The Labute approximate surface area is 122 Å². The van der Waals surface area contributed by atoms with Gasteiger partial charge < -0.3 is 10.2 Å². The standard InChI is InChI=1S/C15H26N2O.ClH/c18-15(13-5-3-1-2-4-6-13)17-11-12-7-8-14(17)10-16-9-12;/h12-14,16H,1-11H2;1H/t12-,14+;/m1./s1. The molecule has 1 aliphatic carbocycles. The first-order valence-electron chi connectivity index (χ1n) is 7.86. The van der Waals surface area contributed by atoms with Crippen LogP contribution in [0.2, 0.25) is 0 Å². The first-order valence-corrected chi connectivity index (χ1v) is 7.86. The van der Waals surface area contributed by atoms with Crippen LogP contribution in [-0.4, -0.2) is 36.5 Å². The lowest BCUT2D eigenvalue weighted by molar-refractivity contribution is -0.140. The van der Waals surface area contributed by atoms with Crippen molar-refractivity contribution in [3.63, 3.8) is 0 Å². The van der Waals surface area contributed by atoms with E-state index in [2.05, 4.69) is 10.2 Å². The van der Waals surface area contributed by atoms with Crippen molar-refractivity contribution in [2.75, 3.05) is 19.6 Å². The molecule has 0 aromatic rings. The van der Waals surface area contributed by atoms with E-state index < -0.39 is 0 Å². The fourth-order valence-electron chi connectivity index (χ4n) is 3.97. The third kappa shape index (κ3) is 3.43. The molecule has 2 atom stereocenters. The Hall–Kier alpha value is -0.280. The summed E-state index contributed by atoms with van der Waals surface area (Å²) < 4.78 is 0. The lowest BCUT2D eigenvalue weighted by Gasteiger charge is -2.38. The summed E-state index contributed by atoms with van der Waals surface area (Å²) in [4.78, 5) is 15.0. The van der Waals surface area contributed by atoms with Crippen LogP contribution >= 0.6 is 12.4 Å². The van der Waals surface area contributed by atoms with Gasteiger partial charge in [0.05, 0.1) is 0 Å². The van der Waals surface area contributed by atoms with Gasteiger partial charge in [0.1, 0.15) is 0 Å².